The number of esters is 1. The van der Waals surface area contributed by atoms with Gasteiger partial charge in [0.25, 0.3) is 0 Å². The van der Waals surface area contributed by atoms with Crippen molar-refractivity contribution in [1.82, 2.24) is 10.2 Å². The van der Waals surface area contributed by atoms with E-state index in [1.165, 1.54) is 7.11 Å². The summed E-state index contributed by atoms with van der Waals surface area (Å²) in [5.74, 6) is 0.359. The van der Waals surface area contributed by atoms with Crippen molar-refractivity contribution in [2.45, 2.75) is 26.2 Å². The molecular weight excluding hydrogens is 218 g/mol. The van der Waals surface area contributed by atoms with Gasteiger partial charge >= 0.3 is 5.97 Å². The topological polar surface area (TPSA) is 55.3 Å². The molecule has 5 heteroatoms. The van der Waals surface area contributed by atoms with Gasteiger partial charge in [0.2, 0.25) is 0 Å². The number of hydrogen-bond acceptors (Lipinski definition) is 5. The molecule has 5 nitrogen and oxygen atoms in total. The zero-order valence-electron chi connectivity index (χ0n) is 11.0. The van der Waals surface area contributed by atoms with E-state index in [2.05, 4.69) is 35.7 Å². The lowest BCUT2D eigenvalue weighted by Gasteiger charge is -2.19. The largest absolute Gasteiger partial charge is 0.468 e. The van der Waals surface area contributed by atoms with E-state index in [0.29, 0.717) is 5.82 Å². The van der Waals surface area contributed by atoms with Crippen LogP contribution in [-0.4, -0.2) is 36.9 Å². The first-order chi connectivity index (χ1) is 7.84. The molecule has 0 radical (unpaired) electrons. The number of nitrogens with zero attached hydrogens (tertiary/aromatic N) is 3. The fourth-order valence-electron chi connectivity index (χ4n) is 1.27. The van der Waals surface area contributed by atoms with Crippen LogP contribution in [0.4, 0.5) is 5.82 Å². The van der Waals surface area contributed by atoms with Gasteiger partial charge in [-0.1, -0.05) is 20.8 Å². The maximum atomic E-state index is 11.1. The molecule has 0 fully saturated rings. The summed E-state index contributed by atoms with van der Waals surface area (Å²) in [6.07, 6.45) is 0. The molecule has 1 heterocycles. The molecule has 0 amide bonds. The Morgan fingerprint density at radius 3 is 2.41 bits per heavy atom. The van der Waals surface area contributed by atoms with E-state index in [-0.39, 0.29) is 17.9 Å². The van der Waals surface area contributed by atoms with Crippen molar-refractivity contribution in [3.63, 3.8) is 0 Å². The molecule has 0 saturated heterocycles. The Kier molecular flexibility index (Phi) is 4.04. The van der Waals surface area contributed by atoms with Crippen molar-refractivity contribution in [2.24, 2.45) is 0 Å². The maximum absolute atomic E-state index is 11.1. The van der Waals surface area contributed by atoms with Crippen LogP contribution in [0.1, 0.15) is 26.5 Å². The van der Waals surface area contributed by atoms with Gasteiger partial charge in [-0.2, -0.15) is 5.10 Å². The standard InChI is InChI=1S/C12H19N3O2/c1-12(2,3)9-6-7-10(14-13-9)15(4)8-11(16)17-5/h6-7H,8H2,1-5H3. The lowest BCUT2D eigenvalue weighted by atomic mass is 9.92. The molecular formula is C12H19N3O2. The van der Waals surface area contributed by atoms with E-state index < -0.39 is 0 Å². The monoisotopic (exact) mass is 237 g/mol. The molecule has 0 saturated carbocycles. The summed E-state index contributed by atoms with van der Waals surface area (Å²) in [4.78, 5) is 12.8. The van der Waals surface area contributed by atoms with Crippen LogP contribution < -0.4 is 4.90 Å². The molecule has 0 spiro atoms. The first kappa shape index (κ1) is 13.4. The Labute approximate surface area is 102 Å². The van der Waals surface area contributed by atoms with Crippen molar-refractivity contribution in [3.05, 3.63) is 17.8 Å². The van der Waals surface area contributed by atoms with Crippen molar-refractivity contribution < 1.29 is 9.53 Å². The van der Waals surface area contributed by atoms with Gasteiger partial charge in [0, 0.05) is 12.5 Å². The number of carbonyl (C=O) groups excluding carboxylic acids is 1. The number of aromatic nitrogens is 2. The quantitative estimate of drug-likeness (QED) is 0.743. The minimum Gasteiger partial charge on any atom is -0.468 e. The molecule has 1 aromatic heterocycles. The first-order valence-electron chi connectivity index (χ1n) is 5.46. The Balaban J connectivity index is 2.77. The number of anilines is 1. The summed E-state index contributed by atoms with van der Waals surface area (Å²) >= 11 is 0. The number of methoxy groups -OCH3 is 1. The van der Waals surface area contributed by atoms with Crippen LogP contribution in [0.15, 0.2) is 12.1 Å². The Morgan fingerprint density at radius 2 is 2.00 bits per heavy atom. The van der Waals surface area contributed by atoms with Gasteiger partial charge in [0.15, 0.2) is 5.82 Å². The lowest BCUT2D eigenvalue weighted by molar-refractivity contribution is -0.138. The van der Waals surface area contributed by atoms with Crippen LogP contribution in [0.25, 0.3) is 0 Å². The highest BCUT2D eigenvalue weighted by molar-refractivity contribution is 5.74. The number of rotatable bonds is 3. The summed E-state index contributed by atoms with van der Waals surface area (Å²) in [7, 11) is 3.14. The summed E-state index contributed by atoms with van der Waals surface area (Å²) in [6, 6.07) is 3.78. The van der Waals surface area contributed by atoms with Crippen LogP contribution in [-0.2, 0) is 14.9 Å². The van der Waals surface area contributed by atoms with Crippen molar-refractivity contribution in [2.75, 3.05) is 25.6 Å². The van der Waals surface area contributed by atoms with Gasteiger partial charge in [-0.15, -0.1) is 5.10 Å². The van der Waals surface area contributed by atoms with E-state index in [1.807, 2.05) is 12.1 Å². The average molecular weight is 237 g/mol. The Bertz CT molecular complexity index is 382. The van der Waals surface area contributed by atoms with Crippen molar-refractivity contribution >= 4 is 11.8 Å². The van der Waals surface area contributed by atoms with Crippen LogP contribution in [0.5, 0.6) is 0 Å². The molecule has 0 aromatic carbocycles. The van der Waals surface area contributed by atoms with Crippen molar-refractivity contribution in [3.8, 4) is 0 Å². The van der Waals surface area contributed by atoms with E-state index in [9.17, 15) is 4.79 Å². The minimum absolute atomic E-state index is 0.0214. The minimum atomic E-state index is -0.297. The lowest BCUT2D eigenvalue weighted by Crippen LogP contribution is -2.27. The third-order valence-corrected chi connectivity index (χ3v) is 2.40. The normalized spacial score (nSPS) is 11.1. The maximum Gasteiger partial charge on any atom is 0.325 e. The van der Waals surface area contributed by atoms with Crippen LogP contribution in [0, 0.1) is 0 Å². The molecule has 0 aliphatic rings. The predicted molar refractivity (Wildman–Crippen MR) is 66.0 cm³/mol. The molecule has 0 bridgehead atoms. The summed E-state index contributed by atoms with van der Waals surface area (Å²) in [5.41, 5.74) is 0.902. The highest BCUT2D eigenvalue weighted by atomic mass is 16.5. The SMILES string of the molecule is COC(=O)CN(C)c1ccc(C(C)(C)C)nn1. The first-order valence-corrected chi connectivity index (χ1v) is 5.46. The fourth-order valence-corrected chi connectivity index (χ4v) is 1.27. The molecule has 0 atom stereocenters. The number of likely N-dealkylation sites (N-methyl/N-ethyl adjacent to an activating group) is 1. The molecule has 0 aliphatic heterocycles. The van der Waals surface area contributed by atoms with E-state index in [0.717, 1.165) is 5.69 Å². The van der Waals surface area contributed by atoms with E-state index in [1.54, 1.807) is 11.9 Å². The van der Waals surface area contributed by atoms with Gasteiger partial charge < -0.3 is 9.64 Å². The highest BCUT2D eigenvalue weighted by Gasteiger charge is 2.16. The summed E-state index contributed by atoms with van der Waals surface area (Å²) < 4.78 is 4.59. The molecule has 0 aliphatic carbocycles. The average Bonchev–Trinajstić information content (AvgIpc) is 2.27. The van der Waals surface area contributed by atoms with Crippen LogP contribution in [0.2, 0.25) is 0 Å². The van der Waals surface area contributed by atoms with Crippen LogP contribution >= 0.6 is 0 Å². The number of ether oxygens (including phenoxy) is 1. The van der Waals surface area contributed by atoms with Gasteiger partial charge in [-0.25, -0.2) is 0 Å². The molecule has 1 rings (SSSR count). The zero-order chi connectivity index (χ0) is 13.1. The summed E-state index contributed by atoms with van der Waals surface area (Å²) in [6.45, 7) is 6.40. The van der Waals surface area contributed by atoms with Gasteiger partial charge in [-0.3, -0.25) is 4.79 Å². The molecule has 0 unspecified atom stereocenters. The smallest absolute Gasteiger partial charge is 0.325 e. The molecule has 1 aromatic rings. The van der Waals surface area contributed by atoms with Crippen LogP contribution in [0.3, 0.4) is 0 Å². The van der Waals surface area contributed by atoms with E-state index >= 15 is 0 Å². The summed E-state index contributed by atoms with van der Waals surface area (Å²) in [5, 5.41) is 8.26. The highest BCUT2D eigenvalue weighted by Crippen LogP contribution is 2.20. The fraction of sp³-hybridized carbons (Fsp3) is 0.583. The molecule has 17 heavy (non-hydrogen) atoms. The molecule has 94 valence electrons. The van der Waals surface area contributed by atoms with Gasteiger partial charge in [-0.05, 0) is 12.1 Å². The van der Waals surface area contributed by atoms with Gasteiger partial charge in [0.05, 0.1) is 12.8 Å². The zero-order valence-corrected chi connectivity index (χ0v) is 11.0. The predicted octanol–water partition coefficient (Wildman–Crippen LogP) is 1.38. The second-order valence-electron chi connectivity index (χ2n) is 4.96. The molecule has 0 N–H and O–H groups in total. The second kappa shape index (κ2) is 5.12. The number of carbonyl (C=O) groups is 1. The third kappa shape index (κ3) is 3.69. The third-order valence-electron chi connectivity index (χ3n) is 2.40. The number of hydrogen-bond donors (Lipinski definition) is 0. The Morgan fingerprint density at radius 1 is 1.35 bits per heavy atom. The van der Waals surface area contributed by atoms with E-state index in [4.69, 9.17) is 0 Å². The Hall–Kier alpha value is -1.65. The van der Waals surface area contributed by atoms with Gasteiger partial charge in [0.1, 0.15) is 6.54 Å². The second-order valence-corrected chi connectivity index (χ2v) is 4.96. The van der Waals surface area contributed by atoms with Crippen molar-refractivity contribution in [1.29, 1.82) is 0 Å².